The van der Waals surface area contributed by atoms with Crippen LogP contribution < -0.4 is 5.32 Å². The number of aliphatic hydroxyl groups excluding tert-OH is 1. The van der Waals surface area contributed by atoms with Gasteiger partial charge in [-0.05, 0) is 63.4 Å². The SMILES string of the molecule is O=C(NC(Cc1ccc(C(F)(F)F)cc1)C(O)c1ccc2ccccc2c1)c1cccc2ccccc12. The monoisotopic (exact) mass is 499 g/mol. The summed E-state index contributed by atoms with van der Waals surface area (Å²) in [6.07, 6.45) is -5.39. The summed E-state index contributed by atoms with van der Waals surface area (Å²) in [6.45, 7) is 0. The summed E-state index contributed by atoms with van der Waals surface area (Å²) in [6, 6.07) is 30.2. The van der Waals surface area contributed by atoms with Crippen molar-refractivity contribution >= 4 is 27.5 Å². The molecule has 1 amide bonds. The minimum atomic E-state index is -4.44. The molecule has 0 bridgehead atoms. The van der Waals surface area contributed by atoms with Gasteiger partial charge in [-0.25, -0.2) is 0 Å². The molecular weight excluding hydrogens is 475 g/mol. The molecule has 0 aromatic heterocycles. The topological polar surface area (TPSA) is 49.3 Å². The van der Waals surface area contributed by atoms with E-state index in [-0.39, 0.29) is 12.3 Å². The number of carbonyl (C=O) groups excluding carboxylic acids is 1. The van der Waals surface area contributed by atoms with Crippen LogP contribution in [0.4, 0.5) is 13.2 Å². The number of alkyl halides is 3. The van der Waals surface area contributed by atoms with Gasteiger partial charge in [-0.3, -0.25) is 4.79 Å². The van der Waals surface area contributed by atoms with Gasteiger partial charge in [0.15, 0.2) is 0 Å². The van der Waals surface area contributed by atoms with Crippen LogP contribution in [-0.4, -0.2) is 17.1 Å². The Morgan fingerprint density at radius 2 is 1.41 bits per heavy atom. The number of rotatable bonds is 6. The lowest BCUT2D eigenvalue weighted by molar-refractivity contribution is -0.137. The van der Waals surface area contributed by atoms with Crippen molar-refractivity contribution in [3.05, 3.63) is 131 Å². The molecule has 2 N–H and O–H groups in total. The molecule has 6 heteroatoms. The Kier molecular flexibility index (Phi) is 6.68. The third-order valence-electron chi connectivity index (χ3n) is 6.58. The van der Waals surface area contributed by atoms with Crippen LogP contribution in [0.3, 0.4) is 0 Å². The first-order valence-electron chi connectivity index (χ1n) is 11.9. The van der Waals surface area contributed by atoms with Crippen molar-refractivity contribution in [3.63, 3.8) is 0 Å². The van der Waals surface area contributed by atoms with Crippen LogP contribution in [-0.2, 0) is 12.6 Å². The molecule has 0 aliphatic carbocycles. The zero-order valence-electron chi connectivity index (χ0n) is 19.7. The normalized spacial score (nSPS) is 13.4. The van der Waals surface area contributed by atoms with Crippen molar-refractivity contribution in [2.24, 2.45) is 0 Å². The smallest absolute Gasteiger partial charge is 0.386 e. The molecule has 5 rings (SSSR count). The number of hydrogen-bond acceptors (Lipinski definition) is 2. The van der Waals surface area contributed by atoms with Crippen LogP contribution >= 0.6 is 0 Å². The summed E-state index contributed by atoms with van der Waals surface area (Å²) < 4.78 is 39.1. The van der Waals surface area contributed by atoms with Crippen LogP contribution in [0.2, 0.25) is 0 Å². The minimum absolute atomic E-state index is 0.142. The number of carbonyl (C=O) groups is 1. The number of aliphatic hydroxyl groups is 1. The van der Waals surface area contributed by atoms with Crippen LogP contribution in [0.5, 0.6) is 0 Å². The predicted molar refractivity (Wildman–Crippen MR) is 139 cm³/mol. The molecule has 0 fully saturated rings. The molecule has 0 spiro atoms. The fourth-order valence-corrected chi connectivity index (χ4v) is 4.62. The molecule has 2 unspecified atom stereocenters. The van der Waals surface area contributed by atoms with Crippen molar-refractivity contribution in [2.45, 2.75) is 24.7 Å². The molecule has 0 saturated carbocycles. The Morgan fingerprint density at radius 3 is 2.14 bits per heavy atom. The summed E-state index contributed by atoms with van der Waals surface area (Å²) in [7, 11) is 0. The molecule has 0 saturated heterocycles. The second kappa shape index (κ2) is 10.1. The lowest BCUT2D eigenvalue weighted by Gasteiger charge is -2.25. The highest BCUT2D eigenvalue weighted by Crippen LogP contribution is 2.30. The maximum absolute atomic E-state index is 13.4. The molecule has 0 heterocycles. The van der Waals surface area contributed by atoms with Crippen LogP contribution in [0.15, 0.2) is 109 Å². The van der Waals surface area contributed by atoms with Crippen LogP contribution in [0, 0.1) is 0 Å². The second-order valence-corrected chi connectivity index (χ2v) is 9.06. The number of amides is 1. The van der Waals surface area contributed by atoms with E-state index in [1.807, 2.05) is 66.7 Å². The van der Waals surface area contributed by atoms with Crippen molar-refractivity contribution in [1.82, 2.24) is 5.32 Å². The van der Waals surface area contributed by atoms with Gasteiger partial charge in [-0.1, -0.05) is 84.9 Å². The maximum Gasteiger partial charge on any atom is 0.416 e. The zero-order chi connectivity index (χ0) is 26.0. The van der Waals surface area contributed by atoms with Gasteiger partial charge >= 0.3 is 6.18 Å². The summed E-state index contributed by atoms with van der Waals surface area (Å²) in [5, 5.41) is 18.0. The largest absolute Gasteiger partial charge is 0.416 e. The third-order valence-corrected chi connectivity index (χ3v) is 6.58. The minimum Gasteiger partial charge on any atom is -0.386 e. The van der Waals surface area contributed by atoms with Crippen molar-refractivity contribution < 1.29 is 23.1 Å². The average molecular weight is 500 g/mol. The van der Waals surface area contributed by atoms with Gasteiger partial charge in [0, 0.05) is 5.56 Å². The standard InChI is InChI=1S/C31H24F3NO2/c32-31(33,34)25-16-12-20(13-17-25)18-28(29(36)24-15-14-21-6-1-2-8-23(21)19-24)35-30(37)27-11-5-9-22-7-3-4-10-26(22)27/h1-17,19,28-29,36H,18H2,(H,35,37). The molecule has 0 aliphatic heterocycles. The first-order chi connectivity index (χ1) is 17.8. The van der Waals surface area contributed by atoms with Gasteiger partial charge in [0.1, 0.15) is 0 Å². The van der Waals surface area contributed by atoms with Crippen molar-refractivity contribution in [3.8, 4) is 0 Å². The van der Waals surface area contributed by atoms with Gasteiger partial charge in [0.05, 0.1) is 17.7 Å². The second-order valence-electron chi connectivity index (χ2n) is 9.06. The Morgan fingerprint density at radius 1 is 0.757 bits per heavy atom. The average Bonchev–Trinajstić information content (AvgIpc) is 2.91. The van der Waals surface area contributed by atoms with Crippen molar-refractivity contribution in [1.29, 1.82) is 0 Å². The number of hydrogen-bond donors (Lipinski definition) is 2. The fraction of sp³-hybridized carbons (Fsp3) is 0.129. The van der Waals surface area contributed by atoms with Gasteiger partial charge in [-0.2, -0.15) is 13.2 Å². The number of benzene rings is 5. The molecule has 0 radical (unpaired) electrons. The highest BCUT2D eigenvalue weighted by atomic mass is 19.4. The van der Waals surface area contributed by atoms with E-state index in [4.69, 9.17) is 0 Å². The first-order valence-corrected chi connectivity index (χ1v) is 11.9. The van der Waals surface area contributed by atoms with Crippen LogP contribution in [0.25, 0.3) is 21.5 Å². The van der Waals surface area contributed by atoms with Crippen molar-refractivity contribution in [2.75, 3.05) is 0 Å². The Hall–Kier alpha value is -4.16. The molecule has 5 aromatic carbocycles. The Bertz CT molecular complexity index is 1560. The maximum atomic E-state index is 13.4. The third kappa shape index (κ3) is 5.34. The zero-order valence-corrected chi connectivity index (χ0v) is 19.7. The van der Waals surface area contributed by atoms with E-state index in [1.54, 1.807) is 18.2 Å². The lowest BCUT2D eigenvalue weighted by atomic mass is 9.93. The summed E-state index contributed by atoms with van der Waals surface area (Å²) in [5.74, 6) is -0.367. The van der Waals surface area contributed by atoms with Crippen LogP contribution in [0.1, 0.15) is 33.2 Å². The molecule has 3 nitrogen and oxygen atoms in total. The first kappa shape index (κ1) is 24.5. The molecule has 186 valence electrons. The van der Waals surface area contributed by atoms with E-state index < -0.39 is 23.9 Å². The lowest BCUT2D eigenvalue weighted by Crippen LogP contribution is -2.41. The number of halogens is 3. The molecule has 2 atom stereocenters. The quantitative estimate of drug-likeness (QED) is 0.262. The van der Waals surface area contributed by atoms with E-state index >= 15 is 0 Å². The summed E-state index contributed by atoms with van der Waals surface area (Å²) in [4.78, 5) is 13.4. The van der Waals surface area contributed by atoms with Gasteiger partial charge < -0.3 is 10.4 Å². The van der Waals surface area contributed by atoms with Gasteiger partial charge in [-0.15, -0.1) is 0 Å². The van der Waals surface area contributed by atoms with Gasteiger partial charge in [0.25, 0.3) is 5.91 Å². The molecule has 37 heavy (non-hydrogen) atoms. The van der Waals surface area contributed by atoms with Gasteiger partial charge in [0.2, 0.25) is 0 Å². The van der Waals surface area contributed by atoms with E-state index in [0.717, 1.165) is 33.7 Å². The summed E-state index contributed by atoms with van der Waals surface area (Å²) in [5.41, 5.74) is 0.883. The number of fused-ring (bicyclic) bond motifs is 2. The van der Waals surface area contributed by atoms with E-state index in [1.165, 1.54) is 12.1 Å². The molecular formula is C31H24F3NO2. The number of nitrogens with one attached hydrogen (secondary N) is 1. The Labute approximate surface area is 212 Å². The summed E-state index contributed by atoms with van der Waals surface area (Å²) >= 11 is 0. The molecule has 0 aliphatic rings. The highest BCUT2D eigenvalue weighted by Gasteiger charge is 2.30. The van der Waals surface area contributed by atoms with E-state index in [2.05, 4.69) is 5.32 Å². The molecule has 5 aromatic rings. The fourth-order valence-electron chi connectivity index (χ4n) is 4.62. The Balaban J connectivity index is 1.48. The van der Waals surface area contributed by atoms with E-state index in [9.17, 15) is 23.1 Å². The van der Waals surface area contributed by atoms with E-state index in [0.29, 0.717) is 16.7 Å². The highest BCUT2D eigenvalue weighted by molar-refractivity contribution is 6.07. The predicted octanol–water partition coefficient (Wildman–Crippen LogP) is 7.09.